The zero-order chi connectivity index (χ0) is 21.5. The Balaban J connectivity index is 0.00000171. The fourth-order valence-electron chi connectivity index (χ4n) is 2.05. The molecular weight excluding hydrogens is 366 g/mol. The van der Waals surface area contributed by atoms with E-state index in [4.69, 9.17) is 18.7 Å². The number of hydrogen-bond acceptors (Lipinski definition) is 9. The van der Waals surface area contributed by atoms with Crippen molar-refractivity contribution < 1.29 is 28.3 Å². The SMILES string of the molecule is C=O.CC.CCOC(=O)c1c(C(C)=O)nc(NCCOC)nc1-c1ccco1. The summed E-state index contributed by atoms with van der Waals surface area (Å²) < 4.78 is 15.3. The Morgan fingerprint density at radius 1 is 1.25 bits per heavy atom. The predicted octanol–water partition coefficient (Wildman–Crippen LogP) is 3.02. The topological polar surface area (TPSA) is 121 Å². The molecule has 0 aliphatic rings. The van der Waals surface area contributed by atoms with Crippen LogP contribution in [0.1, 0.15) is 48.5 Å². The first-order valence-electron chi connectivity index (χ1n) is 8.74. The van der Waals surface area contributed by atoms with E-state index in [0.717, 1.165) is 0 Å². The Hall–Kier alpha value is -3.07. The molecule has 0 atom stereocenters. The van der Waals surface area contributed by atoms with E-state index in [1.807, 2.05) is 20.6 Å². The number of ether oxygens (including phenoxy) is 2. The van der Waals surface area contributed by atoms with Crippen LogP contribution in [0.25, 0.3) is 11.5 Å². The maximum absolute atomic E-state index is 12.3. The molecule has 0 bridgehead atoms. The Morgan fingerprint density at radius 3 is 2.43 bits per heavy atom. The van der Waals surface area contributed by atoms with Gasteiger partial charge in [-0.1, -0.05) is 13.8 Å². The minimum absolute atomic E-state index is 0.00316. The second-order valence-corrected chi connectivity index (χ2v) is 4.79. The van der Waals surface area contributed by atoms with Gasteiger partial charge in [-0.3, -0.25) is 4.79 Å². The Labute approximate surface area is 164 Å². The van der Waals surface area contributed by atoms with E-state index in [1.54, 1.807) is 26.2 Å². The molecule has 28 heavy (non-hydrogen) atoms. The average molecular weight is 393 g/mol. The van der Waals surface area contributed by atoms with Crippen molar-refractivity contribution in [3.63, 3.8) is 0 Å². The highest BCUT2D eigenvalue weighted by Crippen LogP contribution is 2.26. The molecule has 2 aromatic heterocycles. The van der Waals surface area contributed by atoms with Crippen LogP contribution in [0.2, 0.25) is 0 Å². The van der Waals surface area contributed by atoms with Crippen LogP contribution in [0.5, 0.6) is 0 Å². The highest BCUT2D eigenvalue weighted by Gasteiger charge is 2.26. The summed E-state index contributed by atoms with van der Waals surface area (Å²) in [6, 6.07) is 3.31. The summed E-state index contributed by atoms with van der Waals surface area (Å²) in [5.41, 5.74) is 0.185. The number of rotatable bonds is 8. The predicted molar refractivity (Wildman–Crippen MR) is 105 cm³/mol. The lowest BCUT2D eigenvalue weighted by Gasteiger charge is -2.12. The van der Waals surface area contributed by atoms with E-state index < -0.39 is 5.97 Å². The number of Topliss-reactive ketones (excluding diaryl/α,β-unsaturated/α-hetero) is 1. The average Bonchev–Trinajstić information content (AvgIpc) is 3.25. The Bertz CT molecular complexity index is 732. The molecule has 0 radical (unpaired) electrons. The number of aromatic nitrogens is 2. The number of carbonyl (C=O) groups excluding carboxylic acids is 3. The summed E-state index contributed by atoms with van der Waals surface area (Å²) >= 11 is 0. The summed E-state index contributed by atoms with van der Waals surface area (Å²) in [7, 11) is 1.57. The molecule has 0 fully saturated rings. The molecule has 0 aliphatic heterocycles. The number of hydrogen-bond donors (Lipinski definition) is 1. The first-order valence-corrected chi connectivity index (χ1v) is 8.74. The summed E-state index contributed by atoms with van der Waals surface area (Å²) in [6.45, 7) is 10.1. The van der Waals surface area contributed by atoms with Gasteiger partial charge in [0.1, 0.15) is 23.7 Å². The van der Waals surface area contributed by atoms with Gasteiger partial charge >= 0.3 is 5.97 Å². The zero-order valence-corrected chi connectivity index (χ0v) is 16.9. The molecule has 0 aromatic carbocycles. The molecule has 154 valence electrons. The monoisotopic (exact) mass is 393 g/mol. The van der Waals surface area contributed by atoms with Crippen LogP contribution >= 0.6 is 0 Å². The van der Waals surface area contributed by atoms with Crippen LogP contribution in [-0.4, -0.2) is 55.4 Å². The number of anilines is 1. The molecule has 2 aromatic rings. The molecule has 9 heteroatoms. The Kier molecular flexibility index (Phi) is 12.5. The van der Waals surface area contributed by atoms with Gasteiger partial charge in [-0.05, 0) is 19.1 Å². The van der Waals surface area contributed by atoms with Gasteiger partial charge in [-0.15, -0.1) is 0 Å². The normalized spacial score (nSPS) is 9.32. The van der Waals surface area contributed by atoms with Crippen molar-refractivity contribution in [1.82, 2.24) is 9.97 Å². The van der Waals surface area contributed by atoms with Gasteiger partial charge in [0.15, 0.2) is 11.5 Å². The van der Waals surface area contributed by atoms with Crippen molar-refractivity contribution in [3.05, 3.63) is 29.7 Å². The van der Waals surface area contributed by atoms with E-state index in [1.165, 1.54) is 13.2 Å². The number of ketones is 1. The number of nitrogens with one attached hydrogen (secondary N) is 1. The molecular formula is C19H27N3O6. The van der Waals surface area contributed by atoms with Gasteiger partial charge in [0.2, 0.25) is 5.95 Å². The molecule has 0 spiro atoms. The molecule has 0 aliphatic carbocycles. The molecule has 2 heterocycles. The quantitative estimate of drug-likeness (QED) is 0.410. The Morgan fingerprint density at radius 2 is 1.93 bits per heavy atom. The lowest BCUT2D eigenvalue weighted by Crippen LogP contribution is -2.18. The van der Waals surface area contributed by atoms with E-state index in [0.29, 0.717) is 18.9 Å². The largest absolute Gasteiger partial charge is 0.463 e. The third kappa shape index (κ3) is 6.92. The van der Waals surface area contributed by atoms with E-state index in [2.05, 4.69) is 15.3 Å². The molecule has 0 amide bonds. The minimum atomic E-state index is -0.669. The molecule has 0 saturated heterocycles. The fraction of sp³-hybridized carbons (Fsp3) is 0.421. The van der Waals surface area contributed by atoms with Crippen LogP contribution in [-0.2, 0) is 14.3 Å². The van der Waals surface area contributed by atoms with Crippen molar-refractivity contribution >= 4 is 24.5 Å². The molecule has 9 nitrogen and oxygen atoms in total. The maximum Gasteiger partial charge on any atom is 0.342 e. The lowest BCUT2D eigenvalue weighted by molar-refractivity contribution is -0.0980. The maximum atomic E-state index is 12.3. The summed E-state index contributed by atoms with van der Waals surface area (Å²) in [5, 5.41) is 2.95. The number of esters is 1. The van der Waals surface area contributed by atoms with Crippen LogP contribution < -0.4 is 5.32 Å². The van der Waals surface area contributed by atoms with Crippen molar-refractivity contribution in [2.24, 2.45) is 0 Å². The van der Waals surface area contributed by atoms with E-state index >= 15 is 0 Å². The van der Waals surface area contributed by atoms with Gasteiger partial charge in [0, 0.05) is 20.6 Å². The van der Waals surface area contributed by atoms with Crippen molar-refractivity contribution in [2.45, 2.75) is 27.7 Å². The van der Waals surface area contributed by atoms with Crippen LogP contribution in [0.4, 0.5) is 5.95 Å². The van der Waals surface area contributed by atoms with Crippen molar-refractivity contribution in [2.75, 3.05) is 32.2 Å². The minimum Gasteiger partial charge on any atom is -0.463 e. The van der Waals surface area contributed by atoms with Crippen LogP contribution in [0.15, 0.2) is 22.8 Å². The molecule has 0 unspecified atom stereocenters. The third-order valence-corrected chi connectivity index (χ3v) is 3.07. The number of carbonyl (C=O) groups is 3. The number of furan rings is 1. The summed E-state index contributed by atoms with van der Waals surface area (Å²) in [6.07, 6.45) is 1.46. The zero-order valence-electron chi connectivity index (χ0n) is 16.9. The van der Waals surface area contributed by atoms with Gasteiger partial charge < -0.3 is 24.0 Å². The first-order chi connectivity index (χ1) is 13.6. The molecule has 2 rings (SSSR count). The standard InChI is InChI=1S/C16H19N3O5.C2H6.CH2O/c1-4-23-15(21)12-13(10(2)20)18-16(17-7-9-22-3)19-14(12)11-6-5-8-24-11;2*1-2/h5-6,8H,4,7,9H2,1-3H3,(H,17,18,19);1-2H3;1H2. The molecule has 1 N–H and O–H groups in total. The van der Waals surface area contributed by atoms with Crippen LogP contribution in [0, 0.1) is 0 Å². The van der Waals surface area contributed by atoms with E-state index in [-0.39, 0.29) is 35.3 Å². The van der Waals surface area contributed by atoms with Gasteiger partial charge in [-0.2, -0.15) is 0 Å². The lowest BCUT2D eigenvalue weighted by atomic mass is 10.1. The van der Waals surface area contributed by atoms with Gasteiger partial charge in [0.25, 0.3) is 0 Å². The van der Waals surface area contributed by atoms with Gasteiger partial charge in [0.05, 0.1) is 19.5 Å². The summed E-state index contributed by atoms with van der Waals surface area (Å²) in [5.74, 6) is -0.491. The van der Waals surface area contributed by atoms with E-state index in [9.17, 15) is 9.59 Å². The highest BCUT2D eigenvalue weighted by atomic mass is 16.5. The first kappa shape index (κ1) is 24.9. The smallest absolute Gasteiger partial charge is 0.342 e. The summed E-state index contributed by atoms with van der Waals surface area (Å²) in [4.78, 5) is 40.8. The van der Waals surface area contributed by atoms with Gasteiger partial charge in [-0.25, -0.2) is 14.8 Å². The number of nitrogens with zero attached hydrogens (tertiary/aromatic N) is 2. The fourth-order valence-corrected chi connectivity index (χ4v) is 2.05. The second kappa shape index (κ2) is 14.0. The third-order valence-electron chi connectivity index (χ3n) is 3.07. The highest BCUT2D eigenvalue weighted by molar-refractivity contribution is 6.07. The van der Waals surface area contributed by atoms with Crippen molar-refractivity contribution in [3.8, 4) is 11.5 Å². The second-order valence-electron chi connectivity index (χ2n) is 4.79. The molecule has 0 saturated carbocycles. The van der Waals surface area contributed by atoms with Crippen LogP contribution in [0.3, 0.4) is 0 Å². The number of methoxy groups -OCH3 is 1. The van der Waals surface area contributed by atoms with Crippen molar-refractivity contribution in [1.29, 1.82) is 0 Å².